The molecular formula is C14H16ClF. The smallest absolute Gasteiger partial charge is 0.123 e. The minimum atomic E-state index is -0.169. The van der Waals surface area contributed by atoms with E-state index in [9.17, 15) is 4.39 Å². The van der Waals surface area contributed by atoms with Crippen LogP contribution in [0.15, 0.2) is 24.3 Å². The number of aryl methyl sites for hydroxylation is 1. The summed E-state index contributed by atoms with van der Waals surface area (Å²) in [6.45, 7) is 1.95. The third-order valence-corrected chi connectivity index (χ3v) is 3.44. The van der Waals surface area contributed by atoms with Crippen LogP contribution in [-0.4, -0.2) is 5.38 Å². The second-order valence-corrected chi connectivity index (χ2v) is 4.97. The highest BCUT2D eigenvalue weighted by Crippen LogP contribution is 2.30. The van der Waals surface area contributed by atoms with Gasteiger partial charge in [0.25, 0.3) is 0 Å². The van der Waals surface area contributed by atoms with Crippen molar-refractivity contribution in [2.45, 2.75) is 38.0 Å². The fourth-order valence-corrected chi connectivity index (χ4v) is 2.56. The molecule has 0 N–H and O–H groups in total. The molecule has 0 aromatic heterocycles. The molecule has 0 radical (unpaired) electrons. The largest absolute Gasteiger partial charge is 0.207 e. The maximum absolute atomic E-state index is 13.0. The van der Waals surface area contributed by atoms with Gasteiger partial charge in [-0.3, -0.25) is 0 Å². The molecule has 0 fully saturated rings. The van der Waals surface area contributed by atoms with Gasteiger partial charge in [-0.1, -0.05) is 18.6 Å². The molecule has 0 heterocycles. The molecule has 0 saturated carbocycles. The van der Waals surface area contributed by atoms with Gasteiger partial charge in [0.05, 0.1) is 5.38 Å². The highest BCUT2D eigenvalue weighted by molar-refractivity contribution is 6.22. The van der Waals surface area contributed by atoms with Gasteiger partial charge in [-0.15, -0.1) is 11.6 Å². The number of benzene rings is 1. The number of hydrogen-bond donors (Lipinski definition) is 0. The molecule has 0 amide bonds. The Hall–Kier alpha value is -0.820. The summed E-state index contributed by atoms with van der Waals surface area (Å²) in [6, 6.07) is 4.98. The highest BCUT2D eigenvalue weighted by Gasteiger charge is 2.12. The monoisotopic (exact) mass is 238 g/mol. The van der Waals surface area contributed by atoms with Gasteiger partial charge in [0.15, 0.2) is 0 Å². The van der Waals surface area contributed by atoms with E-state index in [1.165, 1.54) is 24.5 Å². The Bertz CT molecular complexity index is 409. The van der Waals surface area contributed by atoms with E-state index in [1.807, 2.05) is 13.0 Å². The van der Waals surface area contributed by atoms with Crippen molar-refractivity contribution in [2.24, 2.45) is 0 Å². The van der Waals surface area contributed by atoms with Crippen LogP contribution in [0.3, 0.4) is 0 Å². The zero-order chi connectivity index (χ0) is 11.5. The molecule has 0 nitrogen and oxygen atoms in total. The van der Waals surface area contributed by atoms with E-state index in [0.29, 0.717) is 0 Å². The molecule has 0 bridgehead atoms. The van der Waals surface area contributed by atoms with Crippen LogP contribution in [0.5, 0.6) is 0 Å². The van der Waals surface area contributed by atoms with Gasteiger partial charge < -0.3 is 0 Å². The number of alkyl halides is 1. The van der Waals surface area contributed by atoms with Gasteiger partial charge in [-0.25, -0.2) is 4.39 Å². The minimum Gasteiger partial charge on any atom is -0.207 e. The lowest BCUT2D eigenvalue weighted by Crippen LogP contribution is -1.93. The summed E-state index contributed by atoms with van der Waals surface area (Å²) < 4.78 is 13.0. The van der Waals surface area contributed by atoms with Crippen LogP contribution in [0.25, 0.3) is 5.57 Å². The van der Waals surface area contributed by atoms with Crippen LogP contribution in [0.1, 0.15) is 36.8 Å². The van der Waals surface area contributed by atoms with Crippen LogP contribution in [0.2, 0.25) is 0 Å². The van der Waals surface area contributed by atoms with Crippen molar-refractivity contribution >= 4 is 17.2 Å². The molecule has 2 heteroatoms. The van der Waals surface area contributed by atoms with E-state index in [-0.39, 0.29) is 11.2 Å². The molecule has 1 atom stereocenters. The summed E-state index contributed by atoms with van der Waals surface area (Å²) >= 11 is 6.20. The third kappa shape index (κ3) is 2.65. The predicted octanol–water partition coefficient (Wildman–Crippen LogP) is 4.70. The van der Waals surface area contributed by atoms with E-state index < -0.39 is 0 Å². The standard InChI is InChI=1S/C14H16ClF/c1-10-8-13(16)6-7-14(10)11-4-2-3-5-12(15)9-11/h6-9,12H,2-5H2,1H3. The van der Waals surface area contributed by atoms with Crippen molar-refractivity contribution in [1.29, 1.82) is 0 Å². The normalized spacial score (nSPS) is 21.4. The number of hydrogen-bond acceptors (Lipinski definition) is 0. The quantitative estimate of drug-likeness (QED) is 0.622. The molecule has 0 saturated heterocycles. The van der Waals surface area contributed by atoms with Crippen molar-refractivity contribution in [3.8, 4) is 0 Å². The van der Waals surface area contributed by atoms with Crippen molar-refractivity contribution in [3.05, 3.63) is 41.2 Å². The highest BCUT2D eigenvalue weighted by atomic mass is 35.5. The zero-order valence-corrected chi connectivity index (χ0v) is 10.2. The first kappa shape index (κ1) is 11.7. The third-order valence-electron chi connectivity index (χ3n) is 3.09. The summed E-state index contributed by atoms with van der Waals surface area (Å²) in [6.07, 6.45) is 6.58. The maximum Gasteiger partial charge on any atom is 0.123 e. The summed E-state index contributed by atoms with van der Waals surface area (Å²) in [7, 11) is 0. The van der Waals surface area contributed by atoms with Crippen LogP contribution in [0.4, 0.5) is 4.39 Å². The molecule has 1 aromatic carbocycles. The van der Waals surface area contributed by atoms with E-state index in [0.717, 1.165) is 24.0 Å². The topological polar surface area (TPSA) is 0 Å². The SMILES string of the molecule is Cc1cc(F)ccc1C1=CC(Cl)CCCC1. The zero-order valence-electron chi connectivity index (χ0n) is 9.47. The molecule has 1 aromatic rings. The van der Waals surface area contributed by atoms with Crippen molar-refractivity contribution in [1.82, 2.24) is 0 Å². The maximum atomic E-state index is 13.0. The van der Waals surface area contributed by atoms with Gasteiger partial charge in [0, 0.05) is 0 Å². The van der Waals surface area contributed by atoms with Gasteiger partial charge in [-0.2, -0.15) is 0 Å². The lowest BCUT2D eigenvalue weighted by molar-refractivity contribution is 0.626. The molecule has 1 aliphatic carbocycles. The molecule has 16 heavy (non-hydrogen) atoms. The van der Waals surface area contributed by atoms with Gasteiger partial charge in [0.2, 0.25) is 0 Å². The van der Waals surface area contributed by atoms with Crippen molar-refractivity contribution in [2.75, 3.05) is 0 Å². The fourth-order valence-electron chi connectivity index (χ4n) is 2.25. The molecule has 0 aliphatic heterocycles. The molecule has 2 rings (SSSR count). The van der Waals surface area contributed by atoms with Crippen molar-refractivity contribution < 1.29 is 4.39 Å². The second kappa shape index (κ2) is 5.01. The Balaban J connectivity index is 2.35. The lowest BCUT2D eigenvalue weighted by Gasteiger charge is -2.10. The average molecular weight is 239 g/mol. The summed E-state index contributed by atoms with van der Waals surface area (Å²) in [5.41, 5.74) is 3.42. The summed E-state index contributed by atoms with van der Waals surface area (Å²) in [5.74, 6) is -0.169. The second-order valence-electron chi connectivity index (χ2n) is 4.41. The molecular weight excluding hydrogens is 223 g/mol. The van der Waals surface area contributed by atoms with Gasteiger partial charge in [-0.05, 0) is 55.0 Å². The number of allylic oxidation sites excluding steroid dienone is 2. The summed E-state index contributed by atoms with van der Waals surface area (Å²) in [5, 5.41) is 0.127. The Morgan fingerprint density at radius 3 is 2.88 bits per heavy atom. The lowest BCUT2D eigenvalue weighted by atomic mass is 9.97. The molecule has 1 unspecified atom stereocenters. The van der Waals surface area contributed by atoms with Crippen LogP contribution >= 0.6 is 11.6 Å². The van der Waals surface area contributed by atoms with E-state index in [2.05, 4.69) is 6.08 Å². The Kier molecular flexibility index (Phi) is 3.65. The molecule has 86 valence electrons. The minimum absolute atomic E-state index is 0.127. The fraction of sp³-hybridized carbons (Fsp3) is 0.429. The number of rotatable bonds is 1. The van der Waals surface area contributed by atoms with Crippen molar-refractivity contribution in [3.63, 3.8) is 0 Å². The first-order valence-electron chi connectivity index (χ1n) is 5.78. The van der Waals surface area contributed by atoms with E-state index >= 15 is 0 Å². The number of halogens is 2. The molecule has 1 aliphatic rings. The van der Waals surface area contributed by atoms with Crippen LogP contribution < -0.4 is 0 Å². The van der Waals surface area contributed by atoms with Crippen LogP contribution in [-0.2, 0) is 0 Å². The summed E-state index contributed by atoms with van der Waals surface area (Å²) in [4.78, 5) is 0. The van der Waals surface area contributed by atoms with Gasteiger partial charge in [0.1, 0.15) is 5.82 Å². The Morgan fingerprint density at radius 1 is 1.31 bits per heavy atom. The Morgan fingerprint density at radius 2 is 2.12 bits per heavy atom. The van der Waals surface area contributed by atoms with Crippen LogP contribution in [0, 0.1) is 12.7 Å². The molecule has 0 spiro atoms. The van der Waals surface area contributed by atoms with Gasteiger partial charge >= 0.3 is 0 Å². The Labute approximate surface area is 101 Å². The first-order valence-corrected chi connectivity index (χ1v) is 6.22. The van der Waals surface area contributed by atoms with E-state index in [1.54, 1.807) is 6.07 Å². The average Bonchev–Trinajstić information content (AvgIpc) is 2.43. The predicted molar refractivity (Wildman–Crippen MR) is 67.2 cm³/mol. The first-order chi connectivity index (χ1) is 7.66. The van der Waals surface area contributed by atoms with E-state index in [4.69, 9.17) is 11.6 Å².